The van der Waals surface area contributed by atoms with Gasteiger partial charge in [0.05, 0.1) is 4.92 Å². The van der Waals surface area contributed by atoms with Crippen molar-refractivity contribution in [1.82, 2.24) is 10.3 Å². The van der Waals surface area contributed by atoms with Crippen molar-refractivity contribution < 1.29 is 4.92 Å². The highest BCUT2D eigenvalue weighted by Gasteiger charge is 2.32. The minimum Gasteiger partial charge on any atom is -0.357 e. The lowest BCUT2D eigenvalue weighted by atomic mass is 9.71. The lowest BCUT2D eigenvalue weighted by molar-refractivity contribution is -0.384. The Morgan fingerprint density at radius 1 is 1.15 bits per heavy atom. The molecule has 1 atom stereocenters. The molecule has 2 N–H and O–H groups in total. The van der Waals surface area contributed by atoms with E-state index in [1.54, 1.807) is 12.1 Å². The van der Waals surface area contributed by atoms with Crippen molar-refractivity contribution in [1.29, 1.82) is 0 Å². The lowest BCUT2D eigenvalue weighted by Crippen LogP contribution is -2.39. The molecule has 0 amide bonds. The highest BCUT2D eigenvalue weighted by molar-refractivity contribution is 5.87. The average molecular weight is 370 g/mol. The summed E-state index contributed by atoms with van der Waals surface area (Å²) >= 11 is 0. The Labute approximate surface area is 161 Å². The molecule has 2 aromatic rings. The summed E-state index contributed by atoms with van der Waals surface area (Å²) in [7, 11) is 0. The number of fused-ring (bicyclic) bond motifs is 3. The fraction of sp³-hybridized carbons (Fsp3) is 0.636. The summed E-state index contributed by atoms with van der Waals surface area (Å²) in [4.78, 5) is 14.4. The number of benzene rings is 1. The molecule has 146 valence electrons. The summed E-state index contributed by atoms with van der Waals surface area (Å²) in [6, 6.07) is 6.12. The van der Waals surface area contributed by atoms with Gasteiger partial charge >= 0.3 is 0 Å². The quantitative estimate of drug-likeness (QED) is 0.542. The first-order valence-corrected chi connectivity index (χ1v) is 10.4. The van der Waals surface area contributed by atoms with Gasteiger partial charge in [0.15, 0.2) is 0 Å². The van der Waals surface area contributed by atoms with Crippen LogP contribution < -0.4 is 5.32 Å². The molecule has 0 bridgehead atoms. The normalized spacial score (nSPS) is 26.1. The molecule has 27 heavy (non-hydrogen) atoms. The topological polar surface area (TPSA) is 71.0 Å². The van der Waals surface area contributed by atoms with Gasteiger partial charge < -0.3 is 10.3 Å². The van der Waals surface area contributed by atoms with Crippen LogP contribution in [0.3, 0.4) is 0 Å². The van der Waals surface area contributed by atoms with Gasteiger partial charge in [0.2, 0.25) is 0 Å². The number of hydrogen-bond donors (Lipinski definition) is 2. The van der Waals surface area contributed by atoms with Crippen LogP contribution in [0.15, 0.2) is 18.2 Å². The third-order valence-corrected chi connectivity index (χ3v) is 6.79. The lowest BCUT2D eigenvalue weighted by Gasteiger charge is -2.39. The Hall–Kier alpha value is -1.88. The van der Waals surface area contributed by atoms with E-state index in [1.807, 2.05) is 6.07 Å². The van der Waals surface area contributed by atoms with Gasteiger partial charge in [0.25, 0.3) is 5.69 Å². The highest BCUT2D eigenvalue weighted by Crippen LogP contribution is 2.40. The molecule has 1 heterocycles. The molecule has 0 radical (unpaired) electrons. The first kappa shape index (κ1) is 18.5. The molecule has 1 unspecified atom stereocenters. The second kappa shape index (κ2) is 6.93. The summed E-state index contributed by atoms with van der Waals surface area (Å²) in [5.41, 5.74) is 4.15. The maximum Gasteiger partial charge on any atom is 0.270 e. The van der Waals surface area contributed by atoms with Gasteiger partial charge in [-0.25, -0.2) is 0 Å². The number of nitrogens with one attached hydrogen (secondary N) is 2. The van der Waals surface area contributed by atoms with Gasteiger partial charge in [-0.2, -0.15) is 0 Å². The van der Waals surface area contributed by atoms with E-state index in [0.717, 1.165) is 36.1 Å². The second-order valence-electron chi connectivity index (χ2n) is 9.53. The van der Waals surface area contributed by atoms with Crippen LogP contribution in [0.25, 0.3) is 10.9 Å². The number of aromatic nitrogens is 1. The second-order valence-corrected chi connectivity index (χ2v) is 9.53. The zero-order valence-electron chi connectivity index (χ0n) is 16.7. The van der Waals surface area contributed by atoms with Crippen LogP contribution in [0.1, 0.15) is 76.6 Å². The summed E-state index contributed by atoms with van der Waals surface area (Å²) < 4.78 is 0. The van der Waals surface area contributed by atoms with E-state index in [0.29, 0.717) is 17.5 Å². The third-order valence-electron chi connectivity index (χ3n) is 6.79. The van der Waals surface area contributed by atoms with E-state index in [1.165, 1.54) is 36.9 Å². The van der Waals surface area contributed by atoms with Crippen molar-refractivity contribution in [2.24, 2.45) is 11.3 Å². The van der Waals surface area contributed by atoms with Gasteiger partial charge in [-0.15, -0.1) is 0 Å². The highest BCUT2D eigenvalue weighted by atomic mass is 16.6. The Balaban J connectivity index is 1.52. The molecular weight excluding hydrogens is 338 g/mol. The van der Waals surface area contributed by atoms with Crippen molar-refractivity contribution in [2.75, 3.05) is 0 Å². The number of nitrogens with zero attached hydrogens (tertiary/aromatic N) is 1. The molecule has 2 aliphatic carbocycles. The number of nitro benzene ring substituents is 1. The molecule has 1 fully saturated rings. The predicted octanol–water partition coefficient (Wildman–Crippen LogP) is 5.65. The van der Waals surface area contributed by atoms with E-state index in [-0.39, 0.29) is 10.6 Å². The van der Waals surface area contributed by atoms with Crippen molar-refractivity contribution in [3.8, 4) is 0 Å². The molecule has 0 aliphatic heterocycles. The number of rotatable bonds is 3. The van der Waals surface area contributed by atoms with Crippen molar-refractivity contribution in [3.63, 3.8) is 0 Å². The maximum atomic E-state index is 11.1. The molecule has 5 heteroatoms. The third kappa shape index (κ3) is 3.62. The fourth-order valence-electron chi connectivity index (χ4n) is 5.14. The number of aryl methyl sites for hydroxylation is 1. The zero-order valence-corrected chi connectivity index (χ0v) is 16.7. The molecule has 2 aliphatic rings. The fourth-order valence-corrected chi connectivity index (χ4v) is 5.14. The number of non-ortho nitro benzene ring substituents is 1. The molecule has 5 nitrogen and oxygen atoms in total. The Kier molecular flexibility index (Phi) is 4.75. The smallest absolute Gasteiger partial charge is 0.270 e. The zero-order chi connectivity index (χ0) is 19.2. The molecule has 0 saturated heterocycles. The summed E-state index contributed by atoms with van der Waals surface area (Å²) in [6.45, 7) is 7.09. The van der Waals surface area contributed by atoms with E-state index in [4.69, 9.17) is 0 Å². The predicted molar refractivity (Wildman–Crippen MR) is 109 cm³/mol. The van der Waals surface area contributed by atoms with Gasteiger partial charge in [-0.1, -0.05) is 20.8 Å². The standard InChI is InChI=1S/C22H31N3O2/c1-22(2,3)14-7-9-15(10-8-14)23-20-6-4-5-17-18-13-16(25(26)27)11-12-19(18)24-21(17)20/h11-15,20,23-24H,4-10H2,1-3H3. The van der Waals surface area contributed by atoms with E-state index in [9.17, 15) is 10.1 Å². The van der Waals surface area contributed by atoms with Crippen LogP contribution in [-0.2, 0) is 6.42 Å². The van der Waals surface area contributed by atoms with Gasteiger partial charge in [-0.3, -0.25) is 10.1 Å². The minimum absolute atomic E-state index is 0.180. The van der Waals surface area contributed by atoms with Gasteiger partial charge in [0, 0.05) is 40.8 Å². The van der Waals surface area contributed by atoms with Crippen LogP contribution in [0, 0.1) is 21.4 Å². The van der Waals surface area contributed by atoms with E-state index in [2.05, 4.69) is 31.1 Å². The largest absolute Gasteiger partial charge is 0.357 e. The van der Waals surface area contributed by atoms with Gasteiger partial charge in [-0.05, 0) is 67.9 Å². The Morgan fingerprint density at radius 3 is 2.56 bits per heavy atom. The van der Waals surface area contributed by atoms with Crippen LogP contribution >= 0.6 is 0 Å². The minimum atomic E-state index is -0.301. The molecule has 4 rings (SSSR count). The average Bonchev–Trinajstić information content (AvgIpc) is 3.00. The number of nitro groups is 1. The number of aromatic amines is 1. The maximum absolute atomic E-state index is 11.1. The van der Waals surface area contributed by atoms with Crippen molar-refractivity contribution in [2.45, 2.75) is 77.8 Å². The van der Waals surface area contributed by atoms with Gasteiger partial charge in [0.1, 0.15) is 0 Å². The molecule has 0 spiro atoms. The van der Waals surface area contributed by atoms with E-state index >= 15 is 0 Å². The number of hydrogen-bond acceptors (Lipinski definition) is 3. The first-order chi connectivity index (χ1) is 12.8. The van der Waals surface area contributed by atoms with Crippen LogP contribution in [0.5, 0.6) is 0 Å². The Bertz CT molecular complexity index is 841. The van der Waals surface area contributed by atoms with Crippen LogP contribution in [-0.4, -0.2) is 15.9 Å². The van der Waals surface area contributed by atoms with E-state index < -0.39 is 0 Å². The molecule has 1 saturated carbocycles. The summed E-state index contributed by atoms with van der Waals surface area (Å²) in [6.07, 6.45) is 8.39. The first-order valence-electron chi connectivity index (χ1n) is 10.4. The number of H-pyrrole nitrogens is 1. The molecule has 1 aromatic carbocycles. The summed E-state index contributed by atoms with van der Waals surface area (Å²) in [5, 5.41) is 16.1. The summed E-state index contributed by atoms with van der Waals surface area (Å²) in [5.74, 6) is 0.825. The van der Waals surface area contributed by atoms with Crippen LogP contribution in [0.4, 0.5) is 5.69 Å². The molecule has 1 aromatic heterocycles. The van der Waals surface area contributed by atoms with Crippen LogP contribution in [0.2, 0.25) is 0 Å². The Morgan fingerprint density at radius 2 is 1.89 bits per heavy atom. The van der Waals surface area contributed by atoms with Crippen molar-refractivity contribution >= 4 is 16.6 Å². The molecular formula is C22H31N3O2. The SMILES string of the molecule is CC(C)(C)C1CCC(NC2CCCc3c2[nH]c2ccc([N+](=O)[O-])cc32)CC1. The monoisotopic (exact) mass is 369 g/mol. The van der Waals surface area contributed by atoms with Crippen molar-refractivity contribution in [3.05, 3.63) is 39.6 Å².